The Balaban J connectivity index is 0.000000301. The molecule has 3 saturated heterocycles. The molecule has 0 aliphatic carbocycles. The third kappa shape index (κ3) is 23.0. The second-order valence-electron chi connectivity index (χ2n) is 17.9. The van der Waals surface area contributed by atoms with E-state index in [4.69, 9.17) is 18.9 Å². The van der Waals surface area contributed by atoms with Crippen LogP contribution in [0.5, 0.6) is 0 Å². The van der Waals surface area contributed by atoms with Gasteiger partial charge in [0.05, 0.1) is 13.1 Å². The van der Waals surface area contributed by atoms with Crippen molar-refractivity contribution < 1.29 is 47.7 Å². The van der Waals surface area contributed by atoms with Crippen molar-refractivity contribution in [2.45, 2.75) is 113 Å². The highest BCUT2D eigenvalue weighted by Gasteiger charge is 2.35. The monoisotopic (exact) mass is 889 g/mol. The molecule has 0 N–H and O–H groups in total. The number of benzene rings is 3. The first-order chi connectivity index (χ1) is 30.0. The maximum atomic E-state index is 12.0. The molecule has 14 nitrogen and oxygen atoms in total. The summed E-state index contributed by atoms with van der Waals surface area (Å²) in [4.78, 5) is 75.3. The Kier molecular flexibility index (Phi) is 23.1. The molecule has 0 radical (unpaired) electrons. The fraction of sp³-hybridized carbons (Fsp3) is 0.520. The number of imide groups is 2. The van der Waals surface area contributed by atoms with Gasteiger partial charge in [-0.3, -0.25) is 9.59 Å². The Morgan fingerprint density at radius 2 is 1.11 bits per heavy atom. The number of carbonyl (C=O) groups is 6. The lowest BCUT2D eigenvalue weighted by atomic mass is 10.0. The van der Waals surface area contributed by atoms with Crippen LogP contribution < -0.4 is 0 Å². The zero-order chi connectivity index (χ0) is 47.9. The first-order valence-electron chi connectivity index (χ1n) is 22.0. The number of hydrogen-bond acceptors (Lipinski definition) is 10. The van der Waals surface area contributed by atoms with E-state index in [0.717, 1.165) is 16.2 Å². The smallest absolute Gasteiger partial charge is 0.416 e. The van der Waals surface area contributed by atoms with Crippen molar-refractivity contribution in [3.05, 3.63) is 107 Å². The lowest BCUT2D eigenvalue weighted by Crippen LogP contribution is -2.36. The number of hydrogen-bond donors (Lipinski definition) is 0. The summed E-state index contributed by atoms with van der Waals surface area (Å²) in [6, 6.07) is 29.0. The molecule has 64 heavy (non-hydrogen) atoms. The van der Waals surface area contributed by atoms with Crippen LogP contribution in [-0.2, 0) is 28.5 Å². The number of aryl methyl sites for hydroxylation is 4. The molecule has 6 amide bonds. The van der Waals surface area contributed by atoms with Gasteiger partial charge in [-0.2, -0.15) is 0 Å². The normalized spacial score (nSPS) is 15.3. The predicted octanol–water partition coefficient (Wildman–Crippen LogP) is 9.91. The number of carbonyl (C=O) groups excluding carboxylic acids is 6. The van der Waals surface area contributed by atoms with E-state index >= 15 is 0 Å². The van der Waals surface area contributed by atoms with Crippen LogP contribution >= 0.6 is 0 Å². The summed E-state index contributed by atoms with van der Waals surface area (Å²) < 4.78 is 20.0. The lowest BCUT2D eigenvalue weighted by Gasteiger charge is -2.24. The molecule has 6 rings (SSSR count). The van der Waals surface area contributed by atoms with Crippen LogP contribution in [0.3, 0.4) is 0 Å². The molecular weight excluding hydrogens is 817 g/mol. The molecule has 3 aromatic carbocycles. The van der Waals surface area contributed by atoms with E-state index in [-0.39, 0.29) is 56.0 Å². The van der Waals surface area contributed by atoms with Crippen LogP contribution in [0.1, 0.15) is 95.9 Å². The predicted molar refractivity (Wildman–Crippen MR) is 248 cm³/mol. The van der Waals surface area contributed by atoms with Crippen LogP contribution in [0.15, 0.2) is 84.9 Å². The summed E-state index contributed by atoms with van der Waals surface area (Å²) in [5, 5.41) is 0. The molecule has 0 aromatic heterocycles. The van der Waals surface area contributed by atoms with Crippen molar-refractivity contribution in [3.63, 3.8) is 0 Å². The Morgan fingerprint density at radius 1 is 0.641 bits per heavy atom. The molecule has 3 aromatic rings. The molecule has 0 saturated carbocycles. The van der Waals surface area contributed by atoms with Crippen LogP contribution in [0, 0.1) is 33.6 Å². The minimum Gasteiger partial charge on any atom is -0.447 e. The molecule has 1 unspecified atom stereocenters. The molecule has 1 atom stereocenters. The van der Waals surface area contributed by atoms with Crippen molar-refractivity contribution in [2.24, 2.45) is 5.92 Å². The SMILES string of the molecule is CC(C)(C)OC(=O)N1CCC(CC(=O)N2CCOC2=O)C1.CN(CCCCC(=O)N1CCOC1=O)C(=O)OC(C)(C)C.Cc1cccc(C)c1.Cc1ccccc1.Cc1ccccc1. The summed E-state index contributed by atoms with van der Waals surface area (Å²) >= 11 is 0. The third-order valence-corrected chi connectivity index (χ3v) is 9.42. The van der Waals surface area contributed by atoms with Gasteiger partial charge in [0.15, 0.2) is 0 Å². The number of unbranched alkanes of at least 4 members (excludes halogenated alkanes) is 1. The number of nitrogens with zero attached hydrogens (tertiary/aromatic N) is 4. The molecule has 14 heteroatoms. The van der Waals surface area contributed by atoms with Gasteiger partial charge in [0, 0.05) is 39.5 Å². The highest BCUT2D eigenvalue weighted by atomic mass is 16.6. The summed E-state index contributed by atoms with van der Waals surface area (Å²) in [5.41, 5.74) is 4.28. The van der Waals surface area contributed by atoms with Crippen LogP contribution in [0.25, 0.3) is 0 Å². The molecule has 0 spiro atoms. The van der Waals surface area contributed by atoms with E-state index in [1.807, 2.05) is 77.9 Å². The fourth-order valence-corrected chi connectivity index (χ4v) is 6.16. The lowest BCUT2D eigenvalue weighted by molar-refractivity contribution is -0.129. The number of ether oxygens (including phenoxy) is 4. The molecule has 3 heterocycles. The minimum atomic E-state index is -0.568. The standard InChI is InChI=1S/C14H22N2O5.C14H24N2O5.C8H10.2C7H8/c1-14(2,3)21-12(18)15-5-4-10(9-15)8-11(17)16-6-7-20-13(16)19;1-14(2,3)21-12(18)15(4)8-6-5-7-11(17)16-9-10-20-13(16)19;1-7-4-3-5-8(2)6-7;2*1-7-5-3-2-4-6-7/h10H,4-9H2,1-3H3;5-10H2,1-4H3;3-6H,1-2H3;2*2-6H,1H3. The van der Waals surface area contributed by atoms with Crippen molar-refractivity contribution in [3.8, 4) is 0 Å². The van der Waals surface area contributed by atoms with Gasteiger partial charge in [-0.15, -0.1) is 0 Å². The summed E-state index contributed by atoms with van der Waals surface area (Å²) in [6.45, 7) is 22.0. The average Bonchev–Trinajstić information content (AvgIpc) is 3.98. The van der Waals surface area contributed by atoms with Gasteiger partial charge in [0.2, 0.25) is 11.8 Å². The molecule has 3 fully saturated rings. The summed E-state index contributed by atoms with van der Waals surface area (Å²) in [5.74, 6) is -0.385. The van der Waals surface area contributed by atoms with E-state index < -0.39 is 23.4 Å². The topological polar surface area (TPSA) is 152 Å². The largest absolute Gasteiger partial charge is 0.447 e. The fourth-order valence-electron chi connectivity index (χ4n) is 6.16. The maximum Gasteiger partial charge on any atom is 0.416 e. The number of cyclic esters (lactones) is 2. The molecule has 352 valence electrons. The van der Waals surface area contributed by atoms with Gasteiger partial charge in [-0.25, -0.2) is 29.0 Å². The zero-order valence-electron chi connectivity index (χ0n) is 40.0. The minimum absolute atomic E-state index is 0.0680. The molecular formula is C50H72N4O10. The Bertz CT molecular complexity index is 1860. The van der Waals surface area contributed by atoms with Crippen molar-refractivity contribution in [1.82, 2.24) is 19.6 Å². The van der Waals surface area contributed by atoms with Gasteiger partial charge < -0.3 is 28.7 Å². The first kappa shape index (κ1) is 54.2. The highest BCUT2D eigenvalue weighted by Crippen LogP contribution is 2.23. The van der Waals surface area contributed by atoms with Gasteiger partial charge >= 0.3 is 24.4 Å². The van der Waals surface area contributed by atoms with E-state index in [0.29, 0.717) is 45.6 Å². The quantitative estimate of drug-likeness (QED) is 0.166. The average molecular weight is 889 g/mol. The molecule has 0 bridgehead atoms. The summed E-state index contributed by atoms with van der Waals surface area (Å²) in [6.07, 6.45) is 0.697. The van der Waals surface area contributed by atoms with Crippen molar-refractivity contribution in [1.29, 1.82) is 0 Å². The van der Waals surface area contributed by atoms with Gasteiger partial charge in [0.1, 0.15) is 24.4 Å². The Morgan fingerprint density at radius 3 is 1.50 bits per heavy atom. The molecule has 3 aliphatic rings. The Labute approximate surface area is 381 Å². The van der Waals surface area contributed by atoms with Crippen molar-refractivity contribution in [2.75, 3.05) is 53.0 Å². The van der Waals surface area contributed by atoms with Crippen molar-refractivity contribution >= 4 is 36.2 Å². The third-order valence-electron chi connectivity index (χ3n) is 9.42. The van der Waals surface area contributed by atoms with Crippen LogP contribution in [0.2, 0.25) is 0 Å². The zero-order valence-corrected chi connectivity index (χ0v) is 40.0. The highest BCUT2D eigenvalue weighted by molar-refractivity contribution is 5.93. The molecule has 3 aliphatic heterocycles. The summed E-state index contributed by atoms with van der Waals surface area (Å²) in [7, 11) is 1.66. The van der Waals surface area contributed by atoms with Gasteiger partial charge in [0.25, 0.3) is 0 Å². The van der Waals surface area contributed by atoms with Gasteiger partial charge in [-0.05, 0) is 94.4 Å². The van der Waals surface area contributed by atoms with E-state index in [2.05, 4.69) is 76.2 Å². The van der Waals surface area contributed by atoms with E-state index in [1.54, 1.807) is 11.9 Å². The van der Waals surface area contributed by atoms with E-state index in [9.17, 15) is 28.8 Å². The second kappa shape index (κ2) is 27.3. The number of amides is 6. The second-order valence-corrected chi connectivity index (χ2v) is 17.9. The van der Waals surface area contributed by atoms with Crippen LogP contribution in [-0.4, -0.2) is 120 Å². The van der Waals surface area contributed by atoms with Gasteiger partial charge in [-0.1, -0.05) is 107 Å². The first-order valence-corrected chi connectivity index (χ1v) is 22.0. The Hall–Kier alpha value is -5.92. The number of rotatable bonds is 7. The van der Waals surface area contributed by atoms with Crippen LogP contribution in [0.4, 0.5) is 19.2 Å². The number of likely N-dealkylation sites (tertiary alicyclic amines) is 1. The van der Waals surface area contributed by atoms with E-state index in [1.165, 1.54) is 27.2 Å². The maximum absolute atomic E-state index is 12.0.